The van der Waals surface area contributed by atoms with Gasteiger partial charge in [-0.05, 0) is 0 Å². The molecule has 2 heterocycles. The summed E-state index contributed by atoms with van der Waals surface area (Å²) < 4.78 is 2.70. The quantitative estimate of drug-likeness (QED) is 0.693. The van der Waals surface area contributed by atoms with Crippen LogP contribution < -0.4 is 4.06 Å². The van der Waals surface area contributed by atoms with E-state index in [-0.39, 0.29) is 4.06 Å². The van der Waals surface area contributed by atoms with Crippen molar-refractivity contribution in [3.8, 4) is 0 Å². The summed E-state index contributed by atoms with van der Waals surface area (Å²) in [6.45, 7) is 0. The summed E-state index contributed by atoms with van der Waals surface area (Å²) in [5, 5.41) is 2.18. The largest absolute Gasteiger partial charge is 0.289 e. The third kappa shape index (κ3) is 1.98. The Morgan fingerprint density at radius 2 is 1.55 bits per heavy atom. The fourth-order valence-corrected chi connectivity index (χ4v) is 7.75. The Morgan fingerprint density at radius 3 is 2.09 bits per heavy atom. The summed E-state index contributed by atoms with van der Waals surface area (Å²) in [6, 6.07) is 0. The molecule has 0 saturated heterocycles. The van der Waals surface area contributed by atoms with Crippen LogP contribution in [0.4, 0.5) is 0 Å². The predicted octanol–water partition coefficient (Wildman–Crippen LogP) is 3.02. The molecule has 0 N–H and O–H groups in total. The molecule has 1 aromatic rings. The SMILES string of the molecule is O=c1sc2c(s1)SCSCS2. The van der Waals surface area contributed by atoms with E-state index in [1.165, 1.54) is 31.1 Å². The highest BCUT2D eigenvalue weighted by Gasteiger charge is 2.12. The van der Waals surface area contributed by atoms with Gasteiger partial charge in [-0.15, -0.1) is 35.3 Å². The van der Waals surface area contributed by atoms with E-state index in [0.717, 1.165) is 10.2 Å². The van der Waals surface area contributed by atoms with Crippen LogP contribution in [-0.2, 0) is 0 Å². The Labute approximate surface area is 85.0 Å². The fraction of sp³-hybridized carbons (Fsp3) is 0.400. The summed E-state index contributed by atoms with van der Waals surface area (Å²) in [5.74, 6) is 0. The number of rotatable bonds is 0. The van der Waals surface area contributed by atoms with Crippen LogP contribution in [0, 0.1) is 0 Å². The first-order valence-corrected chi connectivity index (χ1v) is 7.59. The summed E-state index contributed by atoms with van der Waals surface area (Å²) >= 11 is 8.31. The molecular weight excluding hydrogens is 236 g/mol. The average Bonchev–Trinajstić information content (AvgIpc) is 2.17. The molecule has 0 saturated carbocycles. The van der Waals surface area contributed by atoms with E-state index in [0.29, 0.717) is 0 Å². The number of fused-ring (bicyclic) bond motifs is 1. The first kappa shape index (κ1) is 8.50. The van der Waals surface area contributed by atoms with Crippen LogP contribution in [0.15, 0.2) is 13.2 Å². The van der Waals surface area contributed by atoms with Gasteiger partial charge in [0.05, 0.1) is 8.42 Å². The lowest BCUT2D eigenvalue weighted by atomic mass is 11.1. The molecule has 1 aromatic heterocycles. The lowest BCUT2D eigenvalue weighted by Crippen LogP contribution is -1.75. The van der Waals surface area contributed by atoms with Gasteiger partial charge < -0.3 is 0 Å². The normalized spacial score (nSPS) is 17.5. The van der Waals surface area contributed by atoms with Gasteiger partial charge in [-0.25, -0.2) is 0 Å². The number of hydrogen-bond acceptors (Lipinski definition) is 6. The molecule has 0 atom stereocenters. The lowest BCUT2D eigenvalue weighted by Gasteiger charge is -1.88. The minimum Gasteiger partial charge on any atom is -0.265 e. The number of thioether (sulfide) groups is 3. The molecule has 0 unspecified atom stereocenters. The molecule has 11 heavy (non-hydrogen) atoms. The van der Waals surface area contributed by atoms with Crippen molar-refractivity contribution < 1.29 is 0 Å². The zero-order chi connectivity index (χ0) is 7.68. The molecule has 0 fully saturated rings. The van der Waals surface area contributed by atoms with Crippen LogP contribution in [0.1, 0.15) is 0 Å². The van der Waals surface area contributed by atoms with Crippen molar-refractivity contribution in [1.29, 1.82) is 0 Å². The molecule has 2 rings (SSSR count). The van der Waals surface area contributed by atoms with Crippen molar-refractivity contribution >= 4 is 58.0 Å². The van der Waals surface area contributed by atoms with Crippen molar-refractivity contribution in [3.63, 3.8) is 0 Å². The van der Waals surface area contributed by atoms with Crippen molar-refractivity contribution in [2.75, 3.05) is 10.2 Å². The van der Waals surface area contributed by atoms with E-state index in [4.69, 9.17) is 0 Å². The molecule has 6 heteroatoms. The highest BCUT2D eigenvalue weighted by molar-refractivity contribution is 8.25. The van der Waals surface area contributed by atoms with Crippen molar-refractivity contribution in [2.45, 2.75) is 8.42 Å². The summed E-state index contributed by atoms with van der Waals surface area (Å²) in [4.78, 5) is 11.0. The van der Waals surface area contributed by atoms with E-state index in [1.54, 1.807) is 23.5 Å². The second-order valence-electron chi connectivity index (χ2n) is 1.76. The Balaban J connectivity index is 2.39. The monoisotopic (exact) mass is 240 g/mol. The average molecular weight is 240 g/mol. The Morgan fingerprint density at radius 1 is 1.00 bits per heavy atom. The third-order valence-corrected chi connectivity index (χ3v) is 7.61. The molecule has 1 nitrogen and oxygen atoms in total. The maximum absolute atomic E-state index is 11.0. The summed E-state index contributed by atoms with van der Waals surface area (Å²) in [7, 11) is 0. The molecule has 0 radical (unpaired) electrons. The molecule has 60 valence electrons. The summed E-state index contributed by atoms with van der Waals surface area (Å²) in [5.41, 5.74) is 0. The van der Waals surface area contributed by atoms with Gasteiger partial charge in [0.1, 0.15) is 0 Å². The van der Waals surface area contributed by atoms with Crippen LogP contribution in [0.3, 0.4) is 0 Å². The smallest absolute Gasteiger partial charge is 0.265 e. The Hall–Kier alpha value is 0.900. The predicted molar refractivity (Wildman–Crippen MR) is 57.5 cm³/mol. The molecule has 0 bridgehead atoms. The van der Waals surface area contributed by atoms with Crippen LogP contribution in [0.5, 0.6) is 0 Å². The molecule has 0 spiro atoms. The second-order valence-corrected chi connectivity index (χ2v) is 8.19. The molecule has 0 aliphatic carbocycles. The van der Waals surface area contributed by atoms with Gasteiger partial charge in [0.25, 0.3) is 4.06 Å². The van der Waals surface area contributed by atoms with Gasteiger partial charge in [-0.3, -0.25) is 4.79 Å². The first-order valence-electron chi connectivity index (χ1n) is 2.83. The van der Waals surface area contributed by atoms with Crippen molar-refractivity contribution in [3.05, 3.63) is 8.85 Å². The van der Waals surface area contributed by atoms with E-state index in [1.807, 2.05) is 11.8 Å². The van der Waals surface area contributed by atoms with Gasteiger partial charge in [0.2, 0.25) is 0 Å². The van der Waals surface area contributed by atoms with Crippen LogP contribution in [0.25, 0.3) is 0 Å². The zero-order valence-electron chi connectivity index (χ0n) is 5.36. The van der Waals surface area contributed by atoms with E-state index >= 15 is 0 Å². The van der Waals surface area contributed by atoms with E-state index < -0.39 is 0 Å². The van der Waals surface area contributed by atoms with Crippen LogP contribution >= 0.6 is 58.0 Å². The van der Waals surface area contributed by atoms with E-state index in [2.05, 4.69) is 0 Å². The lowest BCUT2D eigenvalue weighted by molar-refractivity contribution is 1.54. The molecular formula is C5H4OS5. The standard InChI is InChI=1S/C5H4OS5/c6-5-10-3-4(11-5)9-2-7-1-8-3/h1-2H2. The van der Waals surface area contributed by atoms with Crippen LogP contribution in [0.2, 0.25) is 0 Å². The third-order valence-electron chi connectivity index (χ3n) is 1.07. The fourth-order valence-electron chi connectivity index (χ4n) is 0.657. The molecule has 1 aliphatic rings. The van der Waals surface area contributed by atoms with Gasteiger partial charge in [0, 0.05) is 10.2 Å². The minimum atomic E-state index is 0.238. The Kier molecular flexibility index (Phi) is 2.89. The van der Waals surface area contributed by atoms with Crippen molar-refractivity contribution in [2.24, 2.45) is 0 Å². The maximum atomic E-state index is 11.0. The molecule has 1 aliphatic heterocycles. The number of hydrogen-bond donors (Lipinski definition) is 0. The van der Waals surface area contributed by atoms with Gasteiger partial charge >= 0.3 is 0 Å². The van der Waals surface area contributed by atoms with Gasteiger partial charge in [0.15, 0.2) is 0 Å². The van der Waals surface area contributed by atoms with Gasteiger partial charge in [-0.2, -0.15) is 0 Å². The zero-order valence-corrected chi connectivity index (χ0v) is 9.45. The molecule has 0 amide bonds. The van der Waals surface area contributed by atoms with Crippen molar-refractivity contribution in [1.82, 2.24) is 0 Å². The summed E-state index contributed by atoms with van der Waals surface area (Å²) in [6.07, 6.45) is 0. The topological polar surface area (TPSA) is 17.1 Å². The first-order chi connectivity index (χ1) is 5.36. The Bertz CT molecular complexity index is 274. The highest BCUT2D eigenvalue weighted by atomic mass is 32.3. The van der Waals surface area contributed by atoms with Gasteiger partial charge in [-0.1, -0.05) is 22.7 Å². The highest BCUT2D eigenvalue weighted by Crippen LogP contribution is 2.42. The molecule has 0 aromatic carbocycles. The second kappa shape index (κ2) is 3.74. The minimum absolute atomic E-state index is 0.238. The van der Waals surface area contributed by atoms with Crippen LogP contribution in [-0.4, -0.2) is 10.2 Å². The van der Waals surface area contributed by atoms with E-state index in [9.17, 15) is 4.79 Å². The maximum Gasteiger partial charge on any atom is 0.289 e.